The molecular formula is C31H40N4O3. The van der Waals surface area contributed by atoms with Gasteiger partial charge in [0.1, 0.15) is 0 Å². The number of aryl methyl sites for hydroxylation is 1. The predicted octanol–water partition coefficient (Wildman–Crippen LogP) is 5.18. The van der Waals surface area contributed by atoms with E-state index in [1.807, 2.05) is 36.4 Å². The Balaban J connectivity index is 1.30. The van der Waals surface area contributed by atoms with Crippen LogP contribution in [0.3, 0.4) is 0 Å². The summed E-state index contributed by atoms with van der Waals surface area (Å²) < 4.78 is 2.18. The van der Waals surface area contributed by atoms with Crippen LogP contribution in [0.25, 0.3) is 0 Å². The van der Waals surface area contributed by atoms with E-state index in [-0.39, 0.29) is 24.8 Å². The Morgan fingerprint density at radius 1 is 1.03 bits per heavy atom. The van der Waals surface area contributed by atoms with Crippen LogP contribution in [0, 0.1) is 0 Å². The Morgan fingerprint density at radius 3 is 2.37 bits per heavy atom. The third-order valence-corrected chi connectivity index (χ3v) is 7.46. The van der Waals surface area contributed by atoms with Crippen LogP contribution in [-0.4, -0.2) is 51.3 Å². The number of carbonyl (C=O) groups excluding carboxylic acids is 1. The standard InChI is InChI=1S/C31H40N4O3/c1-2-35-29(23-27(33-35)22-24-10-5-3-6-11-24)26-16-19-34(20-17-26)21-18-28(25-12-7-4-8-13-25)32-30(36)14-9-15-31(37)38/h3-8,10-13,23,26,28H,2,9,14-22H2,1H3,(H,32,36)(H,37,38). The molecule has 1 unspecified atom stereocenters. The molecule has 7 heteroatoms. The number of hydrogen-bond acceptors (Lipinski definition) is 4. The minimum absolute atomic E-state index is 0.0169. The lowest BCUT2D eigenvalue weighted by Crippen LogP contribution is -2.37. The molecule has 2 aromatic carbocycles. The van der Waals surface area contributed by atoms with Crippen molar-refractivity contribution in [1.29, 1.82) is 0 Å². The van der Waals surface area contributed by atoms with E-state index < -0.39 is 5.97 Å². The molecule has 1 amide bonds. The number of carbonyl (C=O) groups is 2. The van der Waals surface area contributed by atoms with Gasteiger partial charge in [0.2, 0.25) is 5.91 Å². The number of hydrogen-bond donors (Lipinski definition) is 2. The van der Waals surface area contributed by atoms with Crippen LogP contribution in [0.4, 0.5) is 0 Å². The molecule has 0 aliphatic carbocycles. The molecule has 2 heterocycles. The van der Waals surface area contributed by atoms with Crippen LogP contribution in [0.5, 0.6) is 0 Å². The van der Waals surface area contributed by atoms with Crippen molar-refractivity contribution < 1.29 is 14.7 Å². The molecule has 1 aromatic heterocycles. The maximum absolute atomic E-state index is 12.5. The van der Waals surface area contributed by atoms with E-state index in [1.54, 1.807) is 0 Å². The molecule has 0 radical (unpaired) electrons. The van der Waals surface area contributed by atoms with Crippen molar-refractivity contribution in [2.45, 2.75) is 70.4 Å². The lowest BCUT2D eigenvalue weighted by atomic mass is 9.92. The Labute approximate surface area is 225 Å². The number of piperidine rings is 1. The molecule has 1 saturated heterocycles. The lowest BCUT2D eigenvalue weighted by Gasteiger charge is -2.33. The SMILES string of the molecule is CCn1nc(Cc2ccccc2)cc1C1CCN(CCC(NC(=O)CCCC(=O)O)c2ccccc2)CC1. The molecule has 1 aliphatic heterocycles. The average molecular weight is 517 g/mol. The average Bonchev–Trinajstić information content (AvgIpc) is 3.35. The second kappa shape index (κ2) is 13.9. The molecule has 3 aromatic rings. The van der Waals surface area contributed by atoms with Gasteiger partial charge in [0.05, 0.1) is 11.7 Å². The summed E-state index contributed by atoms with van der Waals surface area (Å²) in [4.78, 5) is 25.8. The first kappa shape index (κ1) is 27.6. The highest BCUT2D eigenvalue weighted by Gasteiger charge is 2.25. The number of carboxylic acid groups (broad SMARTS) is 1. The number of benzene rings is 2. The highest BCUT2D eigenvalue weighted by atomic mass is 16.4. The Hall–Kier alpha value is -3.45. The van der Waals surface area contributed by atoms with Crippen LogP contribution in [0.1, 0.15) is 79.9 Å². The summed E-state index contributed by atoms with van der Waals surface area (Å²) in [5.74, 6) is -0.435. The number of carboxylic acids is 1. The minimum Gasteiger partial charge on any atom is -0.481 e. The predicted molar refractivity (Wildman–Crippen MR) is 149 cm³/mol. The second-order valence-corrected chi connectivity index (χ2v) is 10.2. The van der Waals surface area contributed by atoms with Gasteiger partial charge in [0, 0.05) is 44.0 Å². The van der Waals surface area contributed by atoms with E-state index >= 15 is 0 Å². The van der Waals surface area contributed by atoms with Gasteiger partial charge >= 0.3 is 5.97 Å². The molecule has 1 atom stereocenters. The van der Waals surface area contributed by atoms with Crippen LogP contribution < -0.4 is 5.32 Å². The van der Waals surface area contributed by atoms with Crippen molar-refractivity contribution in [1.82, 2.24) is 20.0 Å². The first-order valence-electron chi connectivity index (χ1n) is 13.9. The van der Waals surface area contributed by atoms with E-state index in [1.165, 1.54) is 11.3 Å². The molecule has 38 heavy (non-hydrogen) atoms. The van der Waals surface area contributed by atoms with E-state index in [4.69, 9.17) is 10.2 Å². The van der Waals surface area contributed by atoms with Gasteiger partial charge in [0.25, 0.3) is 0 Å². The summed E-state index contributed by atoms with van der Waals surface area (Å²) in [7, 11) is 0. The zero-order valence-corrected chi connectivity index (χ0v) is 22.4. The maximum Gasteiger partial charge on any atom is 0.303 e. The highest BCUT2D eigenvalue weighted by Crippen LogP contribution is 2.30. The van der Waals surface area contributed by atoms with Gasteiger partial charge in [-0.15, -0.1) is 0 Å². The van der Waals surface area contributed by atoms with Gasteiger partial charge in [-0.1, -0.05) is 60.7 Å². The highest BCUT2D eigenvalue weighted by molar-refractivity contribution is 5.77. The van der Waals surface area contributed by atoms with Crippen LogP contribution >= 0.6 is 0 Å². The third kappa shape index (κ3) is 8.02. The van der Waals surface area contributed by atoms with Crippen molar-refractivity contribution in [2.24, 2.45) is 0 Å². The summed E-state index contributed by atoms with van der Waals surface area (Å²) in [6, 6.07) is 22.8. The molecule has 0 spiro atoms. The van der Waals surface area contributed by atoms with Gasteiger partial charge in [-0.3, -0.25) is 14.3 Å². The normalized spacial score (nSPS) is 15.3. The second-order valence-electron chi connectivity index (χ2n) is 10.2. The molecule has 0 saturated carbocycles. The molecule has 0 bridgehead atoms. The van der Waals surface area contributed by atoms with Crippen molar-refractivity contribution in [3.63, 3.8) is 0 Å². The zero-order valence-electron chi connectivity index (χ0n) is 22.4. The number of amides is 1. The zero-order chi connectivity index (χ0) is 26.7. The summed E-state index contributed by atoms with van der Waals surface area (Å²) >= 11 is 0. The van der Waals surface area contributed by atoms with Crippen LogP contribution in [0.2, 0.25) is 0 Å². The molecule has 2 N–H and O–H groups in total. The van der Waals surface area contributed by atoms with Crippen LogP contribution in [-0.2, 0) is 22.6 Å². The molecule has 1 fully saturated rings. The third-order valence-electron chi connectivity index (χ3n) is 7.46. The van der Waals surface area contributed by atoms with E-state index in [0.717, 1.165) is 63.1 Å². The summed E-state index contributed by atoms with van der Waals surface area (Å²) in [5, 5.41) is 16.9. The number of likely N-dealkylation sites (tertiary alicyclic amines) is 1. The fourth-order valence-electron chi connectivity index (χ4n) is 5.40. The van der Waals surface area contributed by atoms with Crippen molar-refractivity contribution in [2.75, 3.05) is 19.6 Å². The minimum atomic E-state index is -0.866. The van der Waals surface area contributed by atoms with Crippen molar-refractivity contribution in [3.8, 4) is 0 Å². The Kier molecular flexibility index (Phi) is 10.1. The fraction of sp³-hybridized carbons (Fsp3) is 0.452. The summed E-state index contributed by atoms with van der Waals surface area (Å²) in [6.45, 7) is 6.02. The van der Waals surface area contributed by atoms with Gasteiger partial charge in [-0.2, -0.15) is 5.10 Å². The first-order chi connectivity index (χ1) is 18.5. The Bertz CT molecular complexity index is 1150. The monoisotopic (exact) mass is 516 g/mol. The van der Waals surface area contributed by atoms with Crippen molar-refractivity contribution >= 4 is 11.9 Å². The molecule has 4 rings (SSSR count). The number of aromatic nitrogens is 2. The van der Waals surface area contributed by atoms with E-state index in [2.05, 4.69) is 52.2 Å². The quantitative estimate of drug-likeness (QED) is 0.327. The summed E-state index contributed by atoms with van der Waals surface area (Å²) in [6.07, 6.45) is 4.51. The molecular weight excluding hydrogens is 476 g/mol. The molecule has 7 nitrogen and oxygen atoms in total. The fourth-order valence-corrected chi connectivity index (χ4v) is 5.40. The Morgan fingerprint density at radius 2 is 1.71 bits per heavy atom. The molecule has 1 aliphatic rings. The van der Waals surface area contributed by atoms with Crippen LogP contribution in [0.15, 0.2) is 66.7 Å². The smallest absolute Gasteiger partial charge is 0.303 e. The first-order valence-corrected chi connectivity index (χ1v) is 13.9. The number of aliphatic carboxylic acids is 1. The largest absolute Gasteiger partial charge is 0.481 e. The molecule has 202 valence electrons. The van der Waals surface area contributed by atoms with E-state index in [9.17, 15) is 9.59 Å². The maximum atomic E-state index is 12.5. The topological polar surface area (TPSA) is 87.5 Å². The number of rotatable bonds is 13. The van der Waals surface area contributed by atoms with Crippen molar-refractivity contribution in [3.05, 3.63) is 89.2 Å². The van der Waals surface area contributed by atoms with Gasteiger partial charge < -0.3 is 15.3 Å². The van der Waals surface area contributed by atoms with Gasteiger partial charge in [-0.05, 0) is 62.9 Å². The number of nitrogens with zero attached hydrogens (tertiary/aromatic N) is 3. The van der Waals surface area contributed by atoms with Gasteiger partial charge in [-0.25, -0.2) is 0 Å². The summed E-state index contributed by atoms with van der Waals surface area (Å²) in [5.41, 5.74) is 4.87. The van der Waals surface area contributed by atoms with Gasteiger partial charge in [0.15, 0.2) is 0 Å². The number of nitrogens with one attached hydrogen (secondary N) is 1. The lowest BCUT2D eigenvalue weighted by molar-refractivity contribution is -0.137. The van der Waals surface area contributed by atoms with E-state index in [0.29, 0.717) is 12.3 Å².